The van der Waals surface area contributed by atoms with E-state index in [1.54, 1.807) is 15.7 Å². The maximum atomic E-state index is 4.18. The molecule has 0 amide bonds. The molecule has 3 aromatic rings. The Morgan fingerprint density at radius 3 is 2.79 bits per heavy atom. The summed E-state index contributed by atoms with van der Waals surface area (Å²) >= 11 is 0. The third-order valence-electron chi connectivity index (χ3n) is 2.52. The second-order valence-electron chi connectivity index (χ2n) is 3.94. The van der Waals surface area contributed by atoms with Gasteiger partial charge >= 0.3 is 0 Å². The Morgan fingerprint density at radius 2 is 2.05 bits per heavy atom. The monoisotopic (exact) mass is 256 g/mol. The first-order valence-corrected chi connectivity index (χ1v) is 5.75. The lowest BCUT2D eigenvalue weighted by molar-refractivity contribution is 0.745. The van der Waals surface area contributed by atoms with Gasteiger partial charge in [0, 0.05) is 7.05 Å². The molecule has 0 atom stereocenters. The minimum absolute atomic E-state index is 0.466. The van der Waals surface area contributed by atoms with Crippen LogP contribution >= 0.6 is 0 Å². The Labute approximate surface area is 109 Å². The molecule has 0 unspecified atom stereocenters. The zero-order valence-electron chi connectivity index (χ0n) is 10.3. The number of aryl methyl sites for hydroxylation is 1. The molecule has 2 aromatic heterocycles. The molecule has 0 saturated heterocycles. The average molecular weight is 256 g/mol. The molecule has 1 N–H and O–H groups in total. The molecule has 8 nitrogen and oxygen atoms in total. The van der Waals surface area contributed by atoms with Crippen LogP contribution in [-0.4, -0.2) is 35.0 Å². The van der Waals surface area contributed by atoms with Crippen molar-refractivity contribution in [1.29, 1.82) is 0 Å². The van der Waals surface area contributed by atoms with Gasteiger partial charge in [0.2, 0.25) is 5.95 Å². The van der Waals surface area contributed by atoms with Crippen molar-refractivity contribution in [2.75, 3.05) is 5.32 Å². The SMILES string of the molecule is Cn1cnc(CNc2nnnn2-c2ccccc2)n1. The number of hydrogen-bond donors (Lipinski definition) is 1. The lowest BCUT2D eigenvalue weighted by atomic mass is 10.3. The third-order valence-corrected chi connectivity index (χ3v) is 2.52. The van der Waals surface area contributed by atoms with Crippen molar-refractivity contribution >= 4 is 5.95 Å². The third kappa shape index (κ3) is 2.41. The summed E-state index contributed by atoms with van der Waals surface area (Å²) < 4.78 is 3.28. The van der Waals surface area contributed by atoms with Gasteiger partial charge in [0.1, 0.15) is 6.33 Å². The molecule has 96 valence electrons. The molecule has 8 heteroatoms. The van der Waals surface area contributed by atoms with Crippen LogP contribution in [0.25, 0.3) is 5.69 Å². The van der Waals surface area contributed by atoms with Crippen molar-refractivity contribution in [3.63, 3.8) is 0 Å². The molecule has 3 rings (SSSR count). The lowest BCUT2D eigenvalue weighted by Crippen LogP contribution is -2.08. The second kappa shape index (κ2) is 4.84. The van der Waals surface area contributed by atoms with Gasteiger partial charge in [-0.25, -0.2) is 4.98 Å². The van der Waals surface area contributed by atoms with Crippen LogP contribution in [0.1, 0.15) is 5.82 Å². The summed E-state index contributed by atoms with van der Waals surface area (Å²) in [5.41, 5.74) is 0.893. The Morgan fingerprint density at radius 1 is 1.21 bits per heavy atom. The van der Waals surface area contributed by atoms with Crippen molar-refractivity contribution in [2.24, 2.45) is 7.05 Å². The van der Waals surface area contributed by atoms with E-state index < -0.39 is 0 Å². The van der Waals surface area contributed by atoms with Crippen molar-refractivity contribution in [3.8, 4) is 5.69 Å². The summed E-state index contributed by atoms with van der Waals surface area (Å²) in [4.78, 5) is 4.13. The Bertz CT molecular complexity index is 656. The summed E-state index contributed by atoms with van der Waals surface area (Å²) in [6.07, 6.45) is 1.65. The number of nitrogens with one attached hydrogen (secondary N) is 1. The zero-order valence-corrected chi connectivity index (χ0v) is 10.3. The Balaban J connectivity index is 1.77. The van der Waals surface area contributed by atoms with Crippen LogP contribution < -0.4 is 5.32 Å². The molecule has 0 aliphatic rings. The van der Waals surface area contributed by atoms with E-state index in [1.807, 2.05) is 37.4 Å². The standard InChI is InChI=1S/C11H12N8/c1-18-8-13-10(15-18)7-12-11-14-16-17-19(11)9-5-3-2-4-6-9/h2-6,8H,7H2,1H3,(H,12,14,17). The highest BCUT2D eigenvalue weighted by molar-refractivity contribution is 5.38. The molecule has 0 saturated carbocycles. The number of benzene rings is 1. The number of nitrogens with zero attached hydrogens (tertiary/aromatic N) is 7. The van der Waals surface area contributed by atoms with E-state index in [2.05, 4.69) is 30.9 Å². The molecule has 0 aliphatic carbocycles. The molecule has 0 aliphatic heterocycles. The minimum atomic E-state index is 0.466. The second-order valence-corrected chi connectivity index (χ2v) is 3.94. The first kappa shape index (κ1) is 11.3. The van der Waals surface area contributed by atoms with Gasteiger partial charge in [0.05, 0.1) is 12.2 Å². The fourth-order valence-electron chi connectivity index (χ4n) is 1.66. The van der Waals surface area contributed by atoms with Gasteiger partial charge in [-0.3, -0.25) is 4.68 Å². The van der Waals surface area contributed by atoms with Crippen LogP contribution in [0.3, 0.4) is 0 Å². The van der Waals surface area contributed by atoms with Crippen LogP contribution in [0, 0.1) is 0 Å². The van der Waals surface area contributed by atoms with Crippen LogP contribution in [0.4, 0.5) is 5.95 Å². The highest BCUT2D eigenvalue weighted by Crippen LogP contribution is 2.10. The number of hydrogen-bond acceptors (Lipinski definition) is 6. The molecule has 0 spiro atoms. The number of para-hydroxylation sites is 1. The van der Waals surface area contributed by atoms with E-state index in [0.29, 0.717) is 18.3 Å². The summed E-state index contributed by atoms with van der Waals surface area (Å²) in [5.74, 6) is 1.24. The van der Waals surface area contributed by atoms with Gasteiger partial charge in [0.15, 0.2) is 5.82 Å². The van der Waals surface area contributed by atoms with Crippen molar-refractivity contribution < 1.29 is 0 Å². The molecule has 0 radical (unpaired) electrons. The first-order valence-electron chi connectivity index (χ1n) is 5.75. The van der Waals surface area contributed by atoms with Gasteiger partial charge in [-0.2, -0.15) is 9.78 Å². The number of rotatable bonds is 4. The average Bonchev–Trinajstić information content (AvgIpc) is 3.06. The quantitative estimate of drug-likeness (QED) is 0.727. The van der Waals surface area contributed by atoms with E-state index in [1.165, 1.54) is 0 Å². The fraction of sp³-hybridized carbons (Fsp3) is 0.182. The predicted molar refractivity (Wildman–Crippen MR) is 67.5 cm³/mol. The Kier molecular flexibility index (Phi) is 2.89. The van der Waals surface area contributed by atoms with Crippen molar-refractivity contribution in [2.45, 2.75) is 6.54 Å². The van der Waals surface area contributed by atoms with Gasteiger partial charge in [0.25, 0.3) is 0 Å². The van der Waals surface area contributed by atoms with Crippen molar-refractivity contribution in [3.05, 3.63) is 42.5 Å². The van der Waals surface area contributed by atoms with Crippen molar-refractivity contribution in [1.82, 2.24) is 35.0 Å². The van der Waals surface area contributed by atoms with Crippen LogP contribution in [0.2, 0.25) is 0 Å². The van der Waals surface area contributed by atoms with E-state index in [4.69, 9.17) is 0 Å². The maximum Gasteiger partial charge on any atom is 0.248 e. The first-order chi connectivity index (χ1) is 9.33. The number of aromatic nitrogens is 7. The molecule has 1 aromatic carbocycles. The molecule has 0 bridgehead atoms. The highest BCUT2D eigenvalue weighted by Gasteiger charge is 2.08. The Hall–Kier alpha value is -2.77. The molecular weight excluding hydrogens is 244 g/mol. The smallest absolute Gasteiger partial charge is 0.248 e. The summed E-state index contributed by atoms with van der Waals surface area (Å²) in [7, 11) is 1.82. The topological polar surface area (TPSA) is 86.3 Å². The minimum Gasteiger partial charge on any atom is -0.345 e. The summed E-state index contributed by atoms with van der Waals surface area (Å²) in [6.45, 7) is 0.466. The van der Waals surface area contributed by atoms with E-state index >= 15 is 0 Å². The molecule has 19 heavy (non-hydrogen) atoms. The summed E-state index contributed by atoms with van der Waals surface area (Å²) in [6, 6.07) is 9.67. The van der Waals surface area contributed by atoms with Gasteiger partial charge < -0.3 is 5.32 Å². The van der Waals surface area contributed by atoms with Gasteiger partial charge in [-0.05, 0) is 22.6 Å². The molecule has 2 heterocycles. The van der Waals surface area contributed by atoms with Crippen LogP contribution in [-0.2, 0) is 13.6 Å². The normalized spacial score (nSPS) is 10.6. The zero-order chi connectivity index (χ0) is 13.1. The van der Waals surface area contributed by atoms with Crippen LogP contribution in [0.15, 0.2) is 36.7 Å². The fourth-order valence-corrected chi connectivity index (χ4v) is 1.66. The van der Waals surface area contributed by atoms with E-state index in [9.17, 15) is 0 Å². The largest absolute Gasteiger partial charge is 0.345 e. The highest BCUT2D eigenvalue weighted by atomic mass is 15.6. The van der Waals surface area contributed by atoms with Gasteiger partial charge in [-0.1, -0.05) is 23.3 Å². The summed E-state index contributed by atoms with van der Waals surface area (Å²) in [5, 5.41) is 18.9. The molecule has 0 fully saturated rings. The maximum absolute atomic E-state index is 4.18. The molecular formula is C11H12N8. The van der Waals surface area contributed by atoms with Gasteiger partial charge in [-0.15, -0.1) is 0 Å². The van der Waals surface area contributed by atoms with Crippen LogP contribution in [0.5, 0.6) is 0 Å². The number of anilines is 1. The van der Waals surface area contributed by atoms with E-state index in [0.717, 1.165) is 5.69 Å². The van der Waals surface area contributed by atoms with E-state index in [-0.39, 0.29) is 0 Å². The number of tetrazole rings is 1. The lowest BCUT2D eigenvalue weighted by Gasteiger charge is -2.04. The predicted octanol–water partition coefficient (Wildman–Crippen LogP) is 0.403.